The molecule has 0 saturated carbocycles. The molecule has 0 spiro atoms. The zero-order valence-corrected chi connectivity index (χ0v) is 12.3. The number of hydrogen-bond acceptors (Lipinski definition) is 4. The van der Waals surface area contributed by atoms with E-state index >= 15 is 0 Å². The minimum Gasteiger partial charge on any atom is -0.464 e. The van der Waals surface area contributed by atoms with Crippen LogP contribution in [0.15, 0.2) is 60.7 Å². The molecule has 0 bridgehead atoms. The molecular formula is C17H13NO2S. The van der Waals surface area contributed by atoms with E-state index in [1.807, 2.05) is 60.7 Å². The maximum absolute atomic E-state index is 12.0. The summed E-state index contributed by atoms with van der Waals surface area (Å²) in [5.74, 6) is -0.410. The van der Waals surface area contributed by atoms with Gasteiger partial charge in [0, 0.05) is 5.56 Å². The summed E-state index contributed by atoms with van der Waals surface area (Å²) in [6.45, 7) is 0. The van der Waals surface area contributed by atoms with Gasteiger partial charge >= 0.3 is 5.97 Å². The molecule has 0 aliphatic rings. The molecule has 1 heterocycles. The quantitative estimate of drug-likeness (QED) is 0.678. The van der Waals surface area contributed by atoms with Crippen molar-refractivity contribution in [1.29, 1.82) is 0 Å². The van der Waals surface area contributed by atoms with Crippen LogP contribution in [0.2, 0.25) is 0 Å². The second-order valence-corrected chi connectivity index (χ2v) is 5.23. The first-order chi connectivity index (χ1) is 10.3. The van der Waals surface area contributed by atoms with Crippen LogP contribution in [0.1, 0.15) is 10.5 Å². The lowest BCUT2D eigenvalue weighted by molar-refractivity contribution is 0.0596. The molecule has 0 N–H and O–H groups in total. The molecule has 4 heteroatoms. The van der Waals surface area contributed by atoms with Crippen molar-refractivity contribution in [3.63, 3.8) is 0 Å². The fraction of sp³-hybridized carbons (Fsp3) is 0.0588. The third kappa shape index (κ3) is 2.58. The Morgan fingerprint density at radius 2 is 1.52 bits per heavy atom. The molecule has 21 heavy (non-hydrogen) atoms. The highest BCUT2D eigenvalue weighted by Gasteiger charge is 2.22. The van der Waals surface area contributed by atoms with Crippen LogP contribution in [0.25, 0.3) is 21.6 Å². The highest BCUT2D eigenvalue weighted by atomic mass is 32.1. The standard InChI is InChI=1S/C17H13NO2S/c1-20-17(19)15-14(12-8-4-2-5-9-12)16(21-18-15)13-10-6-3-7-11-13/h2-11H,1H3. The highest BCUT2D eigenvalue weighted by molar-refractivity contribution is 7.10. The molecule has 3 aromatic rings. The Balaban J connectivity index is 2.23. The molecule has 2 aromatic carbocycles. The number of nitrogens with zero attached hydrogens (tertiary/aromatic N) is 1. The third-order valence-corrected chi connectivity index (χ3v) is 4.07. The topological polar surface area (TPSA) is 39.2 Å². The van der Waals surface area contributed by atoms with Gasteiger partial charge in [0.25, 0.3) is 0 Å². The minimum absolute atomic E-state index is 0.368. The van der Waals surface area contributed by atoms with E-state index in [0.29, 0.717) is 5.69 Å². The molecular weight excluding hydrogens is 282 g/mol. The van der Waals surface area contributed by atoms with Crippen molar-refractivity contribution in [3.05, 3.63) is 66.4 Å². The summed E-state index contributed by atoms with van der Waals surface area (Å²) in [7, 11) is 1.37. The summed E-state index contributed by atoms with van der Waals surface area (Å²) in [6.07, 6.45) is 0. The lowest BCUT2D eigenvalue weighted by atomic mass is 10.0. The summed E-state index contributed by atoms with van der Waals surface area (Å²) < 4.78 is 9.16. The summed E-state index contributed by atoms with van der Waals surface area (Å²) in [6, 6.07) is 19.7. The van der Waals surface area contributed by atoms with Crippen molar-refractivity contribution in [2.45, 2.75) is 0 Å². The second-order valence-electron chi connectivity index (χ2n) is 4.46. The van der Waals surface area contributed by atoms with E-state index in [9.17, 15) is 4.79 Å². The average Bonchev–Trinajstić information content (AvgIpc) is 3.00. The van der Waals surface area contributed by atoms with Gasteiger partial charge in [-0.15, -0.1) is 0 Å². The molecule has 1 aromatic heterocycles. The Morgan fingerprint density at radius 1 is 0.952 bits per heavy atom. The molecule has 0 saturated heterocycles. The Labute approximate surface area is 127 Å². The van der Waals surface area contributed by atoms with E-state index in [4.69, 9.17) is 4.74 Å². The van der Waals surface area contributed by atoms with Crippen LogP contribution in [0.5, 0.6) is 0 Å². The van der Waals surface area contributed by atoms with Crippen LogP contribution >= 0.6 is 11.5 Å². The number of ether oxygens (including phenoxy) is 1. The van der Waals surface area contributed by atoms with E-state index in [1.54, 1.807) is 0 Å². The van der Waals surface area contributed by atoms with Gasteiger partial charge < -0.3 is 4.74 Å². The maximum atomic E-state index is 12.0. The molecule has 3 nitrogen and oxygen atoms in total. The fourth-order valence-electron chi connectivity index (χ4n) is 2.19. The first kappa shape index (κ1) is 13.5. The smallest absolute Gasteiger partial charge is 0.358 e. The summed E-state index contributed by atoms with van der Waals surface area (Å²) in [4.78, 5) is 12.9. The summed E-state index contributed by atoms with van der Waals surface area (Å²) >= 11 is 1.32. The number of esters is 1. The average molecular weight is 295 g/mol. The molecule has 0 amide bonds. The number of methoxy groups -OCH3 is 1. The molecule has 0 unspecified atom stereocenters. The zero-order valence-electron chi connectivity index (χ0n) is 11.4. The molecule has 104 valence electrons. The van der Waals surface area contributed by atoms with E-state index < -0.39 is 5.97 Å². The van der Waals surface area contributed by atoms with Crippen LogP contribution in [0.4, 0.5) is 0 Å². The maximum Gasteiger partial charge on any atom is 0.358 e. The summed E-state index contributed by atoms with van der Waals surface area (Å²) in [5.41, 5.74) is 3.21. The predicted molar refractivity (Wildman–Crippen MR) is 84.3 cm³/mol. The van der Waals surface area contributed by atoms with E-state index in [0.717, 1.165) is 21.6 Å². The van der Waals surface area contributed by atoms with E-state index in [1.165, 1.54) is 18.6 Å². The lowest BCUT2D eigenvalue weighted by Gasteiger charge is -2.05. The van der Waals surface area contributed by atoms with Crippen LogP contribution in [0.3, 0.4) is 0 Å². The first-order valence-corrected chi connectivity index (χ1v) is 7.27. The zero-order chi connectivity index (χ0) is 14.7. The largest absolute Gasteiger partial charge is 0.464 e. The Hall–Kier alpha value is -2.46. The monoisotopic (exact) mass is 295 g/mol. The van der Waals surface area contributed by atoms with Crippen molar-refractivity contribution in [3.8, 4) is 21.6 Å². The van der Waals surface area contributed by atoms with Gasteiger partial charge in [0.15, 0.2) is 5.69 Å². The minimum atomic E-state index is -0.410. The molecule has 0 aliphatic heterocycles. The second kappa shape index (κ2) is 5.89. The van der Waals surface area contributed by atoms with Crippen LogP contribution < -0.4 is 0 Å². The number of aromatic nitrogens is 1. The molecule has 0 fully saturated rings. The molecule has 0 atom stereocenters. The summed E-state index contributed by atoms with van der Waals surface area (Å²) in [5, 5.41) is 0. The number of carbonyl (C=O) groups is 1. The van der Waals surface area contributed by atoms with Crippen molar-refractivity contribution >= 4 is 17.5 Å². The van der Waals surface area contributed by atoms with Crippen LogP contribution in [-0.4, -0.2) is 17.5 Å². The number of benzene rings is 2. The third-order valence-electron chi connectivity index (χ3n) is 3.17. The first-order valence-electron chi connectivity index (χ1n) is 6.50. The van der Waals surface area contributed by atoms with Gasteiger partial charge in [-0.3, -0.25) is 0 Å². The van der Waals surface area contributed by atoms with Gasteiger partial charge in [-0.25, -0.2) is 4.79 Å². The van der Waals surface area contributed by atoms with Gasteiger partial charge in [-0.1, -0.05) is 60.7 Å². The van der Waals surface area contributed by atoms with Crippen molar-refractivity contribution < 1.29 is 9.53 Å². The van der Waals surface area contributed by atoms with Gasteiger partial charge in [-0.2, -0.15) is 4.37 Å². The van der Waals surface area contributed by atoms with Gasteiger partial charge in [0.1, 0.15) is 0 Å². The van der Waals surface area contributed by atoms with Crippen LogP contribution in [0, 0.1) is 0 Å². The Morgan fingerprint density at radius 3 is 2.10 bits per heavy atom. The SMILES string of the molecule is COC(=O)c1nsc(-c2ccccc2)c1-c1ccccc1. The van der Waals surface area contributed by atoms with Crippen molar-refractivity contribution in [1.82, 2.24) is 4.37 Å². The van der Waals surface area contributed by atoms with Crippen LogP contribution in [-0.2, 0) is 4.74 Å². The van der Waals surface area contributed by atoms with E-state index in [-0.39, 0.29) is 0 Å². The molecule has 0 radical (unpaired) electrons. The lowest BCUT2D eigenvalue weighted by Crippen LogP contribution is -2.03. The molecule has 0 aliphatic carbocycles. The molecule has 3 rings (SSSR count). The Kier molecular flexibility index (Phi) is 3.79. The fourth-order valence-corrected chi connectivity index (χ4v) is 3.08. The van der Waals surface area contributed by atoms with Gasteiger partial charge in [0.05, 0.1) is 12.0 Å². The normalized spacial score (nSPS) is 10.3. The van der Waals surface area contributed by atoms with Crippen molar-refractivity contribution in [2.24, 2.45) is 0 Å². The predicted octanol–water partition coefficient (Wildman–Crippen LogP) is 4.26. The number of hydrogen-bond donors (Lipinski definition) is 0. The highest BCUT2D eigenvalue weighted by Crippen LogP contribution is 2.38. The van der Waals surface area contributed by atoms with Gasteiger partial charge in [-0.05, 0) is 22.7 Å². The Bertz CT molecular complexity index is 751. The number of rotatable bonds is 3. The van der Waals surface area contributed by atoms with E-state index in [2.05, 4.69) is 4.37 Å². The van der Waals surface area contributed by atoms with Gasteiger partial charge in [0.2, 0.25) is 0 Å². The number of carbonyl (C=O) groups excluding carboxylic acids is 1. The van der Waals surface area contributed by atoms with Crippen molar-refractivity contribution in [2.75, 3.05) is 7.11 Å².